The van der Waals surface area contributed by atoms with Crippen molar-refractivity contribution in [2.45, 2.75) is 37.4 Å². The van der Waals surface area contributed by atoms with E-state index >= 15 is 0 Å². The van der Waals surface area contributed by atoms with Crippen molar-refractivity contribution < 1.29 is 14.3 Å². The minimum absolute atomic E-state index is 0.151. The van der Waals surface area contributed by atoms with E-state index in [1.807, 2.05) is 6.07 Å². The number of piperazine rings is 1. The van der Waals surface area contributed by atoms with Crippen LogP contribution in [0.15, 0.2) is 18.2 Å². The number of hydrogen-bond acceptors (Lipinski definition) is 2. The molecule has 2 fully saturated rings. The molecule has 0 saturated carbocycles. The molecule has 2 aliphatic heterocycles. The van der Waals surface area contributed by atoms with E-state index in [-0.39, 0.29) is 11.9 Å². The molecule has 106 valence electrons. The molecule has 1 aromatic carbocycles. The van der Waals surface area contributed by atoms with Crippen molar-refractivity contribution in [1.29, 1.82) is 0 Å². The van der Waals surface area contributed by atoms with Gasteiger partial charge in [-0.2, -0.15) is 0 Å². The maximum Gasteiger partial charge on any atom is 0.407 e. The van der Waals surface area contributed by atoms with Crippen molar-refractivity contribution in [2.24, 2.45) is 0 Å². The topological polar surface area (TPSA) is 43.8 Å². The van der Waals surface area contributed by atoms with Gasteiger partial charge in [-0.15, -0.1) is 0 Å². The molecule has 1 aromatic rings. The Bertz CT molecular complexity index is 577. The zero-order valence-corrected chi connectivity index (χ0v) is 11.1. The van der Waals surface area contributed by atoms with Crippen molar-refractivity contribution >= 4 is 6.09 Å². The number of carbonyl (C=O) groups is 1. The number of carboxylic acid groups (broad SMARTS) is 1. The summed E-state index contributed by atoms with van der Waals surface area (Å²) in [4.78, 5) is 15.1. The van der Waals surface area contributed by atoms with Crippen LogP contribution in [0.4, 0.5) is 9.18 Å². The third-order valence-electron chi connectivity index (χ3n) is 5.08. The highest BCUT2D eigenvalue weighted by atomic mass is 19.1. The quantitative estimate of drug-likeness (QED) is 0.849. The van der Waals surface area contributed by atoms with Gasteiger partial charge in [0.05, 0.1) is 0 Å². The van der Waals surface area contributed by atoms with Gasteiger partial charge in [0.2, 0.25) is 0 Å². The van der Waals surface area contributed by atoms with Crippen molar-refractivity contribution in [3.8, 4) is 0 Å². The van der Waals surface area contributed by atoms with Gasteiger partial charge in [-0.1, -0.05) is 6.07 Å². The van der Waals surface area contributed by atoms with Crippen molar-refractivity contribution in [2.75, 3.05) is 13.1 Å². The molecule has 3 aliphatic rings. The fourth-order valence-electron chi connectivity index (χ4n) is 4.18. The van der Waals surface area contributed by atoms with Crippen LogP contribution in [0.5, 0.6) is 0 Å². The average Bonchev–Trinajstić information content (AvgIpc) is 3.09. The third kappa shape index (κ3) is 1.73. The largest absolute Gasteiger partial charge is 0.465 e. The molecule has 1 amide bonds. The Morgan fingerprint density at radius 2 is 1.95 bits per heavy atom. The first-order valence-electron chi connectivity index (χ1n) is 7.14. The van der Waals surface area contributed by atoms with Gasteiger partial charge in [0.1, 0.15) is 5.82 Å². The molecule has 0 aromatic heterocycles. The summed E-state index contributed by atoms with van der Waals surface area (Å²) in [6.07, 6.45) is 2.01. The number of benzene rings is 1. The molecule has 20 heavy (non-hydrogen) atoms. The van der Waals surface area contributed by atoms with Crippen LogP contribution in [0, 0.1) is 5.82 Å². The summed E-state index contributed by atoms with van der Waals surface area (Å²) < 4.78 is 13.3. The molecule has 3 unspecified atom stereocenters. The SMILES string of the molecule is O=C(O)N1CC2CC1CN2C1Cc2ccc(F)cc2C1. The van der Waals surface area contributed by atoms with Crippen LogP contribution in [0.1, 0.15) is 17.5 Å². The average molecular weight is 276 g/mol. The number of hydrogen-bond donors (Lipinski definition) is 1. The van der Waals surface area contributed by atoms with Crippen LogP contribution >= 0.6 is 0 Å². The minimum atomic E-state index is -0.797. The van der Waals surface area contributed by atoms with Gasteiger partial charge >= 0.3 is 6.09 Å². The molecular formula is C15H17FN2O2. The van der Waals surface area contributed by atoms with Gasteiger partial charge in [0.25, 0.3) is 0 Å². The fraction of sp³-hybridized carbons (Fsp3) is 0.533. The first-order chi connectivity index (χ1) is 9.61. The molecule has 2 heterocycles. The summed E-state index contributed by atoms with van der Waals surface area (Å²) >= 11 is 0. The zero-order chi connectivity index (χ0) is 13.9. The number of nitrogens with zero attached hydrogens (tertiary/aromatic N) is 2. The van der Waals surface area contributed by atoms with Gasteiger partial charge in [0, 0.05) is 31.2 Å². The summed E-state index contributed by atoms with van der Waals surface area (Å²) in [6, 6.07) is 5.98. The van der Waals surface area contributed by atoms with Crippen LogP contribution in [-0.2, 0) is 12.8 Å². The second-order valence-electron chi connectivity index (χ2n) is 6.15. The molecule has 4 rings (SSSR count). The van der Waals surface area contributed by atoms with Crippen molar-refractivity contribution in [3.05, 3.63) is 35.1 Å². The summed E-state index contributed by atoms with van der Waals surface area (Å²) in [5.74, 6) is -0.163. The first kappa shape index (κ1) is 12.1. The van der Waals surface area contributed by atoms with Crippen molar-refractivity contribution in [3.63, 3.8) is 0 Å². The molecular weight excluding hydrogens is 259 g/mol. The Balaban J connectivity index is 1.49. The molecule has 0 spiro atoms. The van der Waals surface area contributed by atoms with Crippen LogP contribution < -0.4 is 0 Å². The second-order valence-corrected chi connectivity index (χ2v) is 6.15. The normalized spacial score (nSPS) is 31.9. The Morgan fingerprint density at radius 3 is 2.65 bits per heavy atom. The maximum absolute atomic E-state index is 13.3. The summed E-state index contributed by atoms with van der Waals surface area (Å²) in [6.45, 7) is 1.46. The Hall–Kier alpha value is -1.62. The fourth-order valence-corrected chi connectivity index (χ4v) is 4.18. The Kier molecular flexibility index (Phi) is 2.54. The lowest BCUT2D eigenvalue weighted by Crippen LogP contribution is -2.52. The van der Waals surface area contributed by atoms with Gasteiger partial charge in [-0.3, -0.25) is 4.90 Å². The number of likely N-dealkylation sites (tertiary alicyclic amines) is 2. The molecule has 1 N–H and O–H groups in total. The van der Waals surface area contributed by atoms with Gasteiger partial charge in [-0.25, -0.2) is 9.18 Å². The highest BCUT2D eigenvalue weighted by molar-refractivity contribution is 5.66. The zero-order valence-electron chi connectivity index (χ0n) is 11.1. The van der Waals surface area contributed by atoms with Gasteiger partial charge in [-0.05, 0) is 42.5 Å². The van der Waals surface area contributed by atoms with Gasteiger partial charge in [0.15, 0.2) is 0 Å². The number of fused-ring (bicyclic) bond motifs is 3. The Labute approximate surface area is 116 Å². The lowest BCUT2D eigenvalue weighted by molar-refractivity contribution is 0.0842. The van der Waals surface area contributed by atoms with Crippen LogP contribution in [0.3, 0.4) is 0 Å². The lowest BCUT2D eigenvalue weighted by Gasteiger charge is -2.36. The Morgan fingerprint density at radius 1 is 1.15 bits per heavy atom. The summed E-state index contributed by atoms with van der Waals surface area (Å²) in [7, 11) is 0. The molecule has 4 nitrogen and oxygen atoms in total. The van der Waals surface area contributed by atoms with Crippen LogP contribution in [-0.4, -0.2) is 52.2 Å². The number of amides is 1. The molecule has 2 bridgehead atoms. The van der Waals surface area contributed by atoms with Crippen molar-refractivity contribution in [1.82, 2.24) is 9.80 Å². The summed E-state index contributed by atoms with van der Waals surface area (Å²) in [5, 5.41) is 9.13. The van der Waals surface area contributed by atoms with E-state index in [0.29, 0.717) is 18.6 Å². The smallest absolute Gasteiger partial charge is 0.407 e. The molecule has 2 saturated heterocycles. The second kappa shape index (κ2) is 4.19. The van der Waals surface area contributed by atoms with Gasteiger partial charge < -0.3 is 10.0 Å². The molecule has 0 radical (unpaired) electrons. The third-order valence-corrected chi connectivity index (χ3v) is 5.08. The van der Waals surface area contributed by atoms with E-state index in [4.69, 9.17) is 5.11 Å². The maximum atomic E-state index is 13.3. The van der Waals surface area contributed by atoms with E-state index in [9.17, 15) is 9.18 Å². The number of rotatable bonds is 1. The van der Waals surface area contributed by atoms with E-state index in [1.54, 1.807) is 11.0 Å². The molecule has 1 aliphatic carbocycles. The van der Waals surface area contributed by atoms with Crippen LogP contribution in [0.25, 0.3) is 0 Å². The number of halogens is 1. The van der Waals surface area contributed by atoms with E-state index in [0.717, 1.165) is 31.4 Å². The standard InChI is InChI=1S/C15H17FN2O2/c16-11-2-1-9-4-12(5-10(9)3-11)17-7-14-6-13(17)8-18(14)15(19)20/h1-3,12-14H,4-8H2,(H,19,20). The van der Waals surface area contributed by atoms with E-state index in [2.05, 4.69) is 4.90 Å². The lowest BCUT2D eigenvalue weighted by atomic mass is 10.1. The minimum Gasteiger partial charge on any atom is -0.465 e. The summed E-state index contributed by atoms with van der Waals surface area (Å²) in [5.41, 5.74) is 2.36. The van der Waals surface area contributed by atoms with Crippen LogP contribution in [0.2, 0.25) is 0 Å². The highest BCUT2D eigenvalue weighted by Gasteiger charge is 2.48. The monoisotopic (exact) mass is 276 g/mol. The highest BCUT2D eigenvalue weighted by Crippen LogP contribution is 2.36. The van der Waals surface area contributed by atoms with E-state index in [1.165, 1.54) is 11.6 Å². The predicted molar refractivity (Wildman–Crippen MR) is 71.2 cm³/mol. The van der Waals surface area contributed by atoms with E-state index < -0.39 is 6.09 Å². The predicted octanol–water partition coefficient (Wildman–Crippen LogP) is 1.73. The first-order valence-corrected chi connectivity index (χ1v) is 7.14. The molecule has 3 atom stereocenters. The molecule has 5 heteroatoms.